The highest BCUT2D eigenvalue weighted by Gasteiger charge is 2.37. The van der Waals surface area contributed by atoms with E-state index < -0.39 is 11.6 Å². The van der Waals surface area contributed by atoms with Gasteiger partial charge in [0.15, 0.2) is 10.9 Å². The number of nitrogen functional groups attached to an aromatic ring is 1. The number of hydrogen-bond acceptors (Lipinski definition) is 10. The van der Waals surface area contributed by atoms with Crippen molar-refractivity contribution in [3.05, 3.63) is 34.1 Å². The fourth-order valence-electron chi connectivity index (χ4n) is 7.27. The van der Waals surface area contributed by atoms with E-state index in [4.69, 9.17) is 15.5 Å². The molecule has 3 atom stereocenters. The standard InChI is InChI=1S/C30H34F2N8O2S/c1-38-11-3-6-18(38)14-42-30-36-24-21(27(37-30)39-12-15-7-8-16(13-39)34-15)28(41)40(17-4-2-5-17)25(22(24)32)19-9-10-20(31)26-23(19)35-29(33)43-26/h9-10,15-18,34H,2-8,11-14H2,1H3,(H2,33,35)/t15?,16?,18-/m0/s1. The average molecular weight is 609 g/mol. The first kappa shape index (κ1) is 27.2. The number of benzene rings is 1. The maximum absolute atomic E-state index is 17.2. The lowest BCUT2D eigenvalue weighted by Crippen LogP contribution is -2.51. The lowest BCUT2D eigenvalue weighted by atomic mass is 9.91. The van der Waals surface area contributed by atoms with Crippen LogP contribution in [0.15, 0.2) is 16.9 Å². The van der Waals surface area contributed by atoms with Crippen LogP contribution in [0.3, 0.4) is 0 Å². The number of pyridine rings is 1. The largest absolute Gasteiger partial charge is 0.462 e. The molecule has 8 rings (SSSR count). The molecule has 3 aliphatic heterocycles. The predicted octanol–water partition coefficient (Wildman–Crippen LogP) is 4.07. The molecule has 0 spiro atoms. The number of halogens is 2. The Morgan fingerprint density at radius 1 is 1.05 bits per heavy atom. The number of likely N-dealkylation sites (N-methyl/N-ethyl adjacent to an activating group) is 1. The minimum absolute atomic E-state index is 0.0569. The molecule has 2 bridgehead atoms. The monoisotopic (exact) mass is 608 g/mol. The summed E-state index contributed by atoms with van der Waals surface area (Å²) in [5, 5.41) is 3.96. The van der Waals surface area contributed by atoms with Crippen molar-refractivity contribution in [2.75, 3.05) is 43.9 Å². The van der Waals surface area contributed by atoms with Crippen LogP contribution in [0.1, 0.15) is 51.0 Å². The number of anilines is 2. The molecule has 6 heterocycles. The van der Waals surface area contributed by atoms with Gasteiger partial charge in [-0.1, -0.05) is 11.3 Å². The van der Waals surface area contributed by atoms with Crippen LogP contribution in [0.2, 0.25) is 0 Å². The van der Waals surface area contributed by atoms with E-state index in [1.165, 1.54) is 12.1 Å². The normalized spacial score (nSPS) is 24.3. The lowest BCUT2D eigenvalue weighted by molar-refractivity contribution is 0.188. The van der Waals surface area contributed by atoms with Gasteiger partial charge in [-0.15, -0.1) is 0 Å². The van der Waals surface area contributed by atoms with E-state index in [2.05, 4.69) is 32.1 Å². The molecule has 1 saturated carbocycles. The number of fused-ring (bicyclic) bond motifs is 4. The molecular weight excluding hydrogens is 574 g/mol. The van der Waals surface area contributed by atoms with Gasteiger partial charge in [-0.05, 0) is 70.7 Å². The number of nitrogens with one attached hydrogen (secondary N) is 1. The number of rotatable bonds is 6. The molecule has 3 aromatic heterocycles. The number of nitrogens with two attached hydrogens (primary N) is 1. The molecule has 4 aliphatic rings. The summed E-state index contributed by atoms with van der Waals surface area (Å²) in [5.41, 5.74) is 6.16. The van der Waals surface area contributed by atoms with E-state index in [0.29, 0.717) is 31.1 Å². The smallest absolute Gasteiger partial charge is 0.319 e. The summed E-state index contributed by atoms with van der Waals surface area (Å²) >= 11 is 1.00. The van der Waals surface area contributed by atoms with Crippen LogP contribution < -0.4 is 26.2 Å². The van der Waals surface area contributed by atoms with Crippen LogP contribution in [0.25, 0.3) is 32.4 Å². The van der Waals surface area contributed by atoms with Crippen molar-refractivity contribution in [1.29, 1.82) is 0 Å². The summed E-state index contributed by atoms with van der Waals surface area (Å²) in [6.45, 7) is 2.69. The summed E-state index contributed by atoms with van der Waals surface area (Å²) in [7, 11) is 2.06. The predicted molar refractivity (Wildman–Crippen MR) is 163 cm³/mol. The van der Waals surface area contributed by atoms with Crippen LogP contribution in [-0.4, -0.2) is 75.8 Å². The van der Waals surface area contributed by atoms with Gasteiger partial charge in [-0.2, -0.15) is 9.97 Å². The van der Waals surface area contributed by atoms with Gasteiger partial charge >= 0.3 is 6.01 Å². The third-order valence-electron chi connectivity index (χ3n) is 9.76. The Kier molecular flexibility index (Phi) is 6.53. The number of hydrogen-bond donors (Lipinski definition) is 2. The van der Waals surface area contributed by atoms with Gasteiger partial charge in [-0.3, -0.25) is 4.79 Å². The van der Waals surface area contributed by atoms with Crippen molar-refractivity contribution in [2.24, 2.45) is 0 Å². The van der Waals surface area contributed by atoms with Gasteiger partial charge in [-0.25, -0.2) is 13.8 Å². The molecule has 3 saturated heterocycles. The molecule has 1 aliphatic carbocycles. The van der Waals surface area contributed by atoms with E-state index in [9.17, 15) is 9.18 Å². The second kappa shape index (κ2) is 10.3. The number of ether oxygens (including phenoxy) is 1. The summed E-state index contributed by atoms with van der Waals surface area (Å²) in [4.78, 5) is 32.7. The van der Waals surface area contributed by atoms with Gasteiger partial charge in [0, 0.05) is 42.8 Å². The van der Waals surface area contributed by atoms with Gasteiger partial charge in [0.2, 0.25) is 0 Å². The molecule has 0 radical (unpaired) electrons. The number of aromatic nitrogens is 4. The Morgan fingerprint density at radius 2 is 1.84 bits per heavy atom. The second-order valence-electron chi connectivity index (χ2n) is 12.4. The van der Waals surface area contributed by atoms with E-state index in [0.717, 1.165) is 62.8 Å². The van der Waals surface area contributed by atoms with Crippen molar-refractivity contribution in [3.8, 4) is 17.3 Å². The Balaban J connectivity index is 1.36. The zero-order valence-corrected chi connectivity index (χ0v) is 24.8. The highest BCUT2D eigenvalue weighted by atomic mass is 32.1. The Bertz CT molecular complexity index is 1800. The zero-order chi connectivity index (χ0) is 29.4. The van der Waals surface area contributed by atoms with Crippen molar-refractivity contribution < 1.29 is 13.5 Å². The van der Waals surface area contributed by atoms with Crippen LogP contribution >= 0.6 is 11.3 Å². The highest BCUT2D eigenvalue weighted by molar-refractivity contribution is 7.22. The van der Waals surface area contributed by atoms with Crippen molar-refractivity contribution in [3.63, 3.8) is 0 Å². The van der Waals surface area contributed by atoms with E-state index in [1.807, 2.05) is 0 Å². The van der Waals surface area contributed by atoms with Crippen molar-refractivity contribution >= 4 is 43.4 Å². The minimum atomic E-state index is -0.662. The first-order valence-corrected chi connectivity index (χ1v) is 16.0. The molecule has 13 heteroatoms. The molecule has 4 fully saturated rings. The summed E-state index contributed by atoms with van der Waals surface area (Å²) < 4.78 is 39.9. The first-order chi connectivity index (χ1) is 20.9. The lowest BCUT2D eigenvalue weighted by Gasteiger charge is -2.35. The molecule has 2 unspecified atom stereocenters. The van der Waals surface area contributed by atoms with E-state index in [1.54, 1.807) is 4.57 Å². The van der Waals surface area contributed by atoms with Gasteiger partial charge in [0.25, 0.3) is 5.56 Å². The maximum atomic E-state index is 17.2. The quantitative estimate of drug-likeness (QED) is 0.334. The summed E-state index contributed by atoms with van der Waals surface area (Å²) in [5.74, 6) is -0.730. The third kappa shape index (κ3) is 4.46. The van der Waals surface area contributed by atoms with Crippen LogP contribution in [-0.2, 0) is 0 Å². The summed E-state index contributed by atoms with van der Waals surface area (Å²) in [6, 6.07) is 3.40. The number of likely N-dealkylation sites (tertiary alicyclic amines) is 1. The number of thiazole rings is 1. The molecule has 4 aromatic rings. The molecule has 226 valence electrons. The molecule has 43 heavy (non-hydrogen) atoms. The highest BCUT2D eigenvalue weighted by Crippen LogP contribution is 2.42. The van der Waals surface area contributed by atoms with Gasteiger partial charge < -0.3 is 30.2 Å². The molecule has 10 nitrogen and oxygen atoms in total. The zero-order valence-electron chi connectivity index (χ0n) is 24.0. The van der Waals surface area contributed by atoms with E-state index in [-0.39, 0.29) is 67.7 Å². The second-order valence-corrected chi connectivity index (χ2v) is 13.5. The first-order valence-electron chi connectivity index (χ1n) is 15.2. The van der Waals surface area contributed by atoms with Crippen LogP contribution in [0, 0.1) is 11.6 Å². The fourth-order valence-corrected chi connectivity index (χ4v) is 8.04. The number of piperazine rings is 1. The van der Waals surface area contributed by atoms with E-state index >= 15 is 4.39 Å². The van der Waals surface area contributed by atoms with Gasteiger partial charge in [0.05, 0.1) is 15.9 Å². The Hall–Kier alpha value is -3.42. The SMILES string of the molecule is CN1CCC[C@H]1COc1nc(N2CC3CCC(C2)N3)c2c(=O)n(C3CCC3)c(-c3ccc(F)c4sc(N)nc34)c(F)c2n1. The Morgan fingerprint density at radius 3 is 2.53 bits per heavy atom. The van der Waals surface area contributed by atoms with Crippen molar-refractivity contribution in [1.82, 2.24) is 29.7 Å². The third-order valence-corrected chi connectivity index (χ3v) is 10.7. The molecule has 1 aromatic carbocycles. The number of nitrogens with zero attached hydrogens (tertiary/aromatic N) is 6. The maximum Gasteiger partial charge on any atom is 0.319 e. The van der Waals surface area contributed by atoms with Crippen molar-refractivity contribution in [2.45, 2.75) is 69.1 Å². The molecule has 3 N–H and O–H groups in total. The average Bonchev–Trinajstić information content (AvgIpc) is 3.67. The fraction of sp³-hybridized carbons (Fsp3) is 0.533. The molecular formula is C30H34F2N8O2S. The van der Waals surface area contributed by atoms with Crippen LogP contribution in [0.5, 0.6) is 6.01 Å². The van der Waals surface area contributed by atoms with Gasteiger partial charge in [0.1, 0.15) is 29.1 Å². The minimum Gasteiger partial charge on any atom is -0.462 e. The Labute approximate surface area is 250 Å². The summed E-state index contributed by atoms with van der Waals surface area (Å²) in [6.07, 6.45) is 6.60. The van der Waals surface area contributed by atoms with Crippen LogP contribution in [0.4, 0.5) is 19.7 Å². The topological polar surface area (TPSA) is 114 Å². The molecule has 0 amide bonds.